The van der Waals surface area contributed by atoms with Crippen molar-refractivity contribution in [3.63, 3.8) is 0 Å². The molecule has 134 valence electrons. The molecule has 0 bridgehead atoms. The largest absolute Gasteiger partial charge is 0.457 e. The fourth-order valence-electron chi connectivity index (χ4n) is 2.35. The molecule has 0 spiro atoms. The third-order valence-corrected chi connectivity index (χ3v) is 3.58. The Morgan fingerprint density at radius 3 is 2.23 bits per heavy atom. The van der Waals surface area contributed by atoms with Gasteiger partial charge in [0.2, 0.25) is 0 Å². The lowest BCUT2D eigenvalue weighted by atomic mass is 9.99. The van der Waals surface area contributed by atoms with E-state index in [1.165, 1.54) is 0 Å². The van der Waals surface area contributed by atoms with Crippen LogP contribution in [0.25, 0.3) is 0 Å². The zero-order valence-corrected chi connectivity index (χ0v) is 14.6. The summed E-state index contributed by atoms with van der Waals surface area (Å²) in [5.41, 5.74) is 4.27. The van der Waals surface area contributed by atoms with E-state index >= 15 is 0 Å². The number of hydrogen-bond donors (Lipinski definition) is 1. The van der Waals surface area contributed by atoms with Crippen molar-refractivity contribution in [2.75, 3.05) is 6.61 Å². The van der Waals surface area contributed by atoms with Gasteiger partial charge in [-0.05, 0) is 18.1 Å². The van der Waals surface area contributed by atoms with Gasteiger partial charge in [-0.2, -0.15) is 0 Å². The number of amides is 1. The number of rotatable bonds is 7. The monoisotopic (exact) mass is 351 g/mol. The highest BCUT2D eigenvalue weighted by molar-refractivity contribution is 5.90. The molecular formula is C21H21NO4. The standard InChI is InChI=1S/C21H21NO4/c1-3-18(20(23)26-15-16-11-7-5-8-12-16)19(22-21(24)25-4-2)17-13-9-6-10-14-17/h5-14,19H,1,4,15H2,2H3,(H,22,24). The van der Waals surface area contributed by atoms with Crippen LogP contribution >= 0.6 is 0 Å². The number of carbonyl (C=O) groups is 2. The Labute approximate surface area is 152 Å². The van der Waals surface area contributed by atoms with Gasteiger partial charge < -0.3 is 14.8 Å². The van der Waals surface area contributed by atoms with E-state index in [0.29, 0.717) is 5.56 Å². The maximum absolute atomic E-state index is 12.5. The third kappa shape index (κ3) is 5.36. The molecule has 0 aromatic heterocycles. The zero-order chi connectivity index (χ0) is 18.8. The molecule has 1 atom stereocenters. The molecule has 1 amide bonds. The van der Waals surface area contributed by atoms with Gasteiger partial charge in [-0.15, -0.1) is 5.73 Å². The lowest BCUT2D eigenvalue weighted by Gasteiger charge is -2.20. The SMILES string of the molecule is C=C=C(C(=O)OCc1ccccc1)C(NC(=O)OCC)c1ccccc1. The molecule has 0 aliphatic heterocycles. The lowest BCUT2D eigenvalue weighted by Crippen LogP contribution is -2.32. The highest BCUT2D eigenvalue weighted by Gasteiger charge is 2.26. The summed E-state index contributed by atoms with van der Waals surface area (Å²) in [5, 5.41) is 2.66. The van der Waals surface area contributed by atoms with Gasteiger partial charge in [0.1, 0.15) is 12.2 Å². The van der Waals surface area contributed by atoms with Crippen LogP contribution < -0.4 is 5.32 Å². The van der Waals surface area contributed by atoms with Crippen molar-refractivity contribution in [2.24, 2.45) is 0 Å². The van der Waals surface area contributed by atoms with Crippen molar-refractivity contribution in [3.8, 4) is 0 Å². The quantitative estimate of drug-likeness (QED) is 0.466. The number of nitrogens with one attached hydrogen (secondary N) is 1. The van der Waals surface area contributed by atoms with E-state index in [4.69, 9.17) is 9.47 Å². The van der Waals surface area contributed by atoms with Crippen molar-refractivity contribution in [2.45, 2.75) is 19.6 Å². The summed E-state index contributed by atoms with van der Waals surface area (Å²) in [6.45, 7) is 5.62. The van der Waals surface area contributed by atoms with Gasteiger partial charge in [0.25, 0.3) is 0 Å². The molecule has 2 aromatic carbocycles. The number of esters is 1. The molecule has 0 aliphatic rings. The summed E-state index contributed by atoms with van der Waals surface area (Å²) in [7, 11) is 0. The smallest absolute Gasteiger partial charge is 0.407 e. The van der Waals surface area contributed by atoms with E-state index in [0.717, 1.165) is 5.56 Å². The number of carbonyl (C=O) groups excluding carboxylic acids is 2. The van der Waals surface area contributed by atoms with Crippen molar-refractivity contribution in [3.05, 3.63) is 89.7 Å². The highest BCUT2D eigenvalue weighted by Crippen LogP contribution is 2.22. The van der Waals surface area contributed by atoms with E-state index < -0.39 is 18.1 Å². The van der Waals surface area contributed by atoms with Gasteiger partial charge in [-0.3, -0.25) is 0 Å². The fourth-order valence-corrected chi connectivity index (χ4v) is 2.35. The van der Waals surface area contributed by atoms with Gasteiger partial charge >= 0.3 is 12.1 Å². The first-order valence-electron chi connectivity index (χ1n) is 8.25. The lowest BCUT2D eigenvalue weighted by molar-refractivity contribution is -0.140. The molecule has 2 aromatic rings. The van der Waals surface area contributed by atoms with Crippen molar-refractivity contribution >= 4 is 12.1 Å². The number of ether oxygens (including phenoxy) is 2. The van der Waals surface area contributed by atoms with Gasteiger partial charge in [0.05, 0.1) is 12.6 Å². The van der Waals surface area contributed by atoms with Crippen LogP contribution in [0.5, 0.6) is 0 Å². The first-order valence-corrected chi connectivity index (χ1v) is 8.25. The average Bonchev–Trinajstić information content (AvgIpc) is 2.68. The summed E-state index contributed by atoms with van der Waals surface area (Å²) in [6, 6.07) is 17.6. The van der Waals surface area contributed by atoms with Crippen LogP contribution in [0.4, 0.5) is 4.79 Å². The number of hydrogen-bond acceptors (Lipinski definition) is 4. The molecule has 0 heterocycles. The van der Waals surface area contributed by atoms with Crippen LogP contribution in [0.15, 0.2) is 78.5 Å². The van der Waals surface area contributed by atoms with Crippen LogP contribution in [-0.4, -0.2) is 18.7 Å². The predicted octanol–water partition coefficient (Wildman–Crippen LogP) is 3.93. The molecule has 1 N–H and O–H groups in total. The summed E-state index contributed by atoms with van der Waals surface area (Å²) in [6.07, 6.45) is -0.634. The van der Waals surface area contributed by atoms with E-state index in [9.17, 15) is 9.59 Å². The first-order chi connectivity index (χ1) is 12.7. The Kier molecular flexibility index (Phi) is 7.22. The van der Waals surface area contributed by atoms with Crippen molar-refractivity contribution < 1.29 is 19.1 Å². The van der Waals surface area contributed by atoms with Crippen molar-refractivity contribution in [1.82, 2.24) is 5.32 Å². The predicted molar refractivity (Wildman–Crippen MR) is 98.2 cm³/mol. The Morgan fingerprint density at radius 2 is 1.65 bits per heavy atom. The number of alkyl carbamates (subject to hydrolysis) is 1. The molecular weight excluding hydrogens is 330 g/mol. The van der Waals surface area contributed by atoms with Crippen LogP contribution in [0.2, 0.25) is 0 Å². The van der Waals surface area contributed by atoms with Crippen LogP contribution in [-0.2, 0) is 20.9 Å². The minimum Gasteiger partial charge on any atom is -0.457 e. The van der Waals surface area contributed by atoms with E-state index in [1.807, 2.05) is 48.5 Å². The molecule has 0 saturated heterocycles. The Bertz CT molecular complexity index is 780. The zero-order valence-electron chi connectivity index (χ0n) is 14.6. The molecule has 26 heavy (non-hydrogen) atoms. The summed E-state index contributed by atoms with van der Waals surface area (Å²) in [4.78, 5) is 24.5. The molecule has 0 radical (unpaired) electrons. The normalized spacial score (nSPS) is 11.0. The number of benzene rings is 2. The molecule has 1 unspecified atom stereocenters. The minimum absolute atomic E-state index is 0.111. The highest BCUT2D eigenvalue weighted by atomic mass is 16.5. The second-order valence-corrected chi connectivity index (χ2v) is 5.36. The van der Waals surface area contributed by atoms with Crippen LogP contribution in [0.1, 0.15) is 24.1 Å². The second kappa shape index (κ2) is 9.87. The van der Waals surface area contributed by atoms with Gasteiger partial charge in [-0.25, -0.2) is 9.59 Å². The average molecular weight is 351 g/mol. The summed E-state index contributed by atoms with van der Waals surface area (Å²) >= 11 is 0. The van der Waals surface area contributed by atoms with Crippen molar-refractivity contribution in [1.29, 1.82) is 0 Å². The molecule has 0 saturated carbocycles. The van der Waals surface area contributed by atoms with E-state index in [2.05, 4.69) is 17.6 Å². The fraction of sp³-hybridized carbons (Fsp3) is 0.190. The van der Waals surface area contributed by atoms with E-state index in [1.54, 1.807) is 19.1 Å². The Balaban J connectivity index is 2.18. The summed E-state index contributed by atoms with van der Waals surface area (Å²) < 4.78 is 10.3. The summed E-state index contributed by atoms with van der Waals surface area (Å²) in [5.74, 6) is -0.602. The second-order valence-electron chi connectivity index (χ2n) is 5.36. The van der Waals surface area contributed by atoms with Crippen LogP contribution in [0, 0.1) is 0 Å². The van der Waals surface area contributed by atoms with Gasteiger partial charge in [0, 0.05) is 0 Å². The minimum atomic E-state index is -0.768. The van der Waals surface area contributed by atoms with Crippen LogP contribution in [0.3, 0.4) is 0 Å². The Morgan fingerprint density at radius 1 is 1.04 bits per heavy atom. The molecule has 2 rings (SSSR count). The molecule has 0 aliphatic carbocycles. The molecule has 5 heteroatoms. The maximum Gasteiger partial charge on any atom is 0.407 e. The first kappa shape index (κ1) is 19.0. The molecule has 0 fully saturated rings. The molecule has 5 nitrogen and oxygen atoms in total. The van der Waals surface area contributed by atoms with E-state index in [-0.39, 0.29) is 18.8 Å². The maximum atomic E-state index is 12.5. The topological polar surface area (TPSA) is 64.6 Å². The van der Waals surface area contributed by atoms with Gasteiger partial charge in [0.15, 0.2) is 0 Å². The third-order valence-electron chi connectivity index (χ3n) is 3.58. The van der Waals surface area contributed by atoms with Gasteiger partial charge in [-0.1, -0.05) is 67.2 Å². The Hall–Kier alpha value is -3.30.